The Morgan fingerprint density at radius 3 is 1.52 bits per heavy atom. The summed E-state index contributed by atoms with van der Waals surface area (Å²) >= 11 is -4.47. The van der Waals surface area contributed by atoms with Crippen LogP contribution in [-0.2, 0) is 22.1 Å². The normalized spacial score (nSPS) is 12.3. The van der Waals surface area contributed by atoms with Crippen LogP contribution in [0, 0.1) is 18.8 Å². The van der Waals surface area contributed by atoms with Gasteiger partial charge in [-0.3, -0.25) is 0 Å². The molecule has 0 spiro atoms. The third-order valence-electron chi connectivity index (χ3n) is 3.48. The van der Waals surface area contributed by atoms with Crippen molar-refractivity contribution in [2.45, 2.75) is 5.51 Å². The molecule has 0 atom stereocenters. The summed E-state index contributed by atoms with van der Waals surface area (Å²) in [6.45, 7) is 0. The zero-order chi connectivity index (χ0) is 23.6. The molecule has 0 aliphatic carbocycles. The second-order valence-electron chi connectivity index (χ2n) is 5.45. The van der Waals surface area contributed by atoms with Gasteiger partial charge in [0.15, 0.2) is 0 Å². The average molecular weight is 582 g/mol. The van der Waals surface area contributed by atoms with Crippen molar-refractivity contribution in [3.63, 3.8) is 0 Å². The molecule has 2 aromatic carbocycles. The van der Waals surface area contributed by atoms with Gasteiger partial charge in [0.2, 0.25) is 0 Å². The molecule has 0 aliphatic heterocycles. The van der Waals surface area contributed by atoms with E-state index in [1.165, 1.54) is 0 Å². The van der Waals surface area contributed by atoms with Crippen molar-refractivity contribution in [2.75, 3.05) is 14.2 Å². The van der Waals surface area contributed by atoms with Gasteiger partial charge in [0.25, 0.3) is 0 Å². The van der Waals surface area contributed by atoms with Crippen molar-refractivity contribution in [3.05, 3.63) is 66.3 Å². The molecule has 31 heavy (non-hydrogen) atoms. The van der Waals surface area contributed by atoms with Gasteiger partial charge in [0, 0.05) is 0 Å². The minimum absolute atomic E-state index is 0.320. The third kappa shape index (κ3) is 5.48. The van der Waals surface area contributed by atoms with E-state index in [2.05, 4.69) is 12.0 Å². The number of methoxy groups -OCH3 is 2. The van der Waals surface area contributed by atoms with Gasteiger partial charge in [-0.2, -0.15) is 0 Å². The van der Waals surface area contributed by atoms with Gasteiger partial charge in [-0.05, 0) is 0 Å². The van der Waals surface area contributed by atoms with E-state index in [1.807, 2.05) is 0 Å². The summed E-state index contributed by atoms with van der Waals surface area (Å²) in [5, 5.41) is 0. The van der Waals surface area contributed by atoms with E-state index in [0.717, 1.165) is 38.5 Å². The summed E-state index contributed by atoms with van der Waals surface area (Å²) in [7, 11) is -4.23. The molecule has 0 unspecified atom stereocenters. The van der Waals surface area contributed by atoms with E-state index >= 15 is 0 Å². The first-order chi connectivity index (χ1) is 14.3. The Bertz CT molecular complexity index is 1050. The van der Waals surface area contributed by atoms with Gasteiger partial charge in [0.1, 0.15) is 0 Å². The molecule has 0 heterocycles. The molecule has 0 radical (unpaired) electrons. The second-order valence-corrected chi connectivity index (χ2v) is 11.8. The minimum atomic E-state index is -6.24. The maximum absolute atomic E-state index is 14.6. The van der Waals surface area contributed by atoms with Crippen molar-refractivity contribution in [3.8, 4) is 0 Å². The van der Waals surface area contributed by atoms with E-state index in [9.17, 15) is 40.0 Å². The quantitative estimate of drug-likeness (QED) is 0.221. The van der Waals surface area contributed by atoms with Crippen molar-refractivity contribution in [2.24, 2.45) is 0 Å². The molecule has 0 bridgehead atoms. The summed E-state index contributed by atoms with van der Waals surface area (Å²) in [6, 6.07) is 4.72. The average Bonchev–Trinajstić information content (AvgIpc) is 2.70. The molecule has 0 aliphatic rings. The van der Waals surface area contributed by atoms with Crippen LogP contribution in [-0.4, -0.2) is 40.1 Å². The number of ether oxygens (including phenoxy) is 2. The Balaban J connectivity index is 2.66. The van der Waals surface area contributed by atoms with Gasteiger partial charge in [0.05, 0.1) is 0 Å². The number of carbonyl (C=O) groups excluding carboxylic acids is 2. The van der Waals surface area contributed by atoms with E-state index in [1.54, 1.807) is 0 Å². The monoisotopic (exact) mass is 582 g/mol. The molecule has 0 fully saturated rings. The molecule has 14 heteroatoms. The molecule has 170 valence electrons. The van der Waals surface area contributed by atoms with Crippen LogP contribution < -0.4 is 0 Å². The van der Waals surface area contributed by atoms with Crippen molar-refractivity contribution in [1.29, 1.82) is 0 Å². The summed E-state index contributed by atoms with van der Waals surface area (Å²) in [4.78, 5) is 23.0. The summed E-state index contributed by atoms with van der Waals surface area (Å²) in [5.74, 6) is -4.55. The van der Waals surface area contributed by atoms with Crippen LogP contribution in [0.4, 0.5) is 22.0 Å². The number of rotatable bonds is 6. The first kappa shape index (κ1) is 24.9. The van der Waals surface area contributed by atoms with Crippen LogP contribution in [0.1, 0.15) is 20.7 Å². The number of benzene rings is 2. The van der Waals surface area contributed by atoms with Gasteiger partial charge >= 0.3 is 180 Å². The fraction of sp³-hybridized carbons (Fsp3) is 0.176. The van der Waals surface area contributed by atoms with Crippen LogP contribution in [0.2, 0.25) is 0 Å². The summed E-state index contributed by atoms with van der Waals surface area (Å²) in [5.41, 5.74) is -6.49. The number of esters is 2. The van der Waals surface area contributed by atoms with Crippen molar-refractivity contribution >= 4 is 42.3 Å². The van der Waals surface area contributed by atoms with Crippen LogP contribution >= 0.6 is 20.2 Å². The number of halogens is 6. The molecule has 2 rings (SSSR count). The Labute approximate surface area is 180 Å². The predicted molar refractivity (Wildman–Crippen MR) is 103 cm³/mol. The maximum atomic E-state index is 14.6. The molecule has 0 N–H and O–H groups in total. The molecule has 2 aromatic rings. The number of hydrogen-bond acceptors (Lipinski definition) is 7. The van der Waals surface area contributed by atoms with Crippen LogP contribution in [0.5, 0.6) is 0 Å². The SMILES string of the molecule is COC(=O)c1ccc(I(OS(=O)(=O)C(F)(F)F)c2ccc(C(=O)OC)cc2F)c(F)c1. The Hall–Kier alpha value is -2.33. The van der Waals surface area contributed by atoms with E-state index in [0.29, 0.717) is 12.1 Å². The Morgan fingerprint density at radius 1 is 0.839 bits per heavy atom. The topological polar surface area (TPSA) is 96.0 Å². The molecule has 7 nitrogen and oxygen atoms in total. The molecular weight excluding hydrogens is 570 g/mol. The zero-order valence-electron chi connectivity index (χ0n) is 15.5. The van der Waals surface area contributed by atoms with E-state index < -0.39 is 66.6 Å². The molecular formula is C17H12F5IO7S. The zero-order valence-corrected chi connectivity index (χ0v) is 18.5. The van der Waals surface area contributed by atoms with Gasteiger partial charge < -0.3 is 0 Å². The van der Waals surface area contributed by atoms with Gasteiger partial charge in [-0.25, -0.2) is 0 Å². The van der Waals surface area contributed by atoms with Crippen molar-refractivity contribution < 1.29 is 51.9 Å². The summed E-state index contributed by atoms with van der Waals surface area (Å²) < 4.78 is 103. The first-order valence-electron chi connectivity index (χ1n) is 7.79. The number of alkyl halides is 3. The molecule has 0 aromatic heterocycles. The number of carbonyl (C=O) groups is 2. The Kier molecular flexibility index (Phi) is 7.59. The van der Waals surface area contributed by atoms with Crippen LogP contribution in [0.3, 0.4) is 0 Å². The van der Waals surface area contributed by atoms with Gasteiger partial charge in [-0.15, -0.1) is 0 Å². The molecule has 0 amide bonds. The number of hydrogen-bond donors (Lipinski definition) is 0. The van der Waals surface area contributed by atoms with Crippen LogP contribution in [0.25, 0.3) is 0 Å². The first-order valence-corrected chi connectivity index (χ1v) is 12.2. The predicted octanol–water partition coefficient (Wildman–Crippen LogP) is 3.87. The fourth-order valence-electron chi connectivity index (χ4n) is 2.06. The van der Waals surface area contributed by atoms with Gasteiger partial charge in [-0.1, -0.05) is 0 Å². The standard InChI is InChI=1S/C17H12F5IO7S/c1-28-15(24)9-3-5-13(11(18)7-9)23(30-31(26,27)17(20,21)22)14-6-4-10(8-12(14)19)16(25)29-2/h3-8H,1-2H3. The Morgan fingerprint density at radius 2 is 1.23 bits per heavy atom. The van der Waals surface area contributed by atoms with Crippen molar-refractivity contribution in [1.82, 2.24) is 0 Å². The fourth-order valence-corrected chi connectivity index (χ4v) is 8.51. The summed E-state index contributed by atoms with van der Waals surface area (Å²) in [6.07, 6.45) is 0. The molecule has 0 saturated heterocycles. The third-order valence-corrected chi connectivity index (χ3v) is 10.7. The van der Waals surface area contributed by atoms with Crippen LogP contribution in [0.15, 0.2) is 36.4 Å². The molecule has 0 saturated carbocycles. The van der Waals surface area contributed by atoms with E-state index in [-0.39, 0.29) is 11.1 Å². The van der Waals surface area contributed by atoms with E-state index in [4.69, 9.17) is 0 Å². The second kappa shape index (κ2) is 9.44.